The molecule has 0 aliphatic rings. The SMILES string of the molecule is O=c1cc(-c2cnn(PI)c2)cc[nH]1. The first kappa shape index (κ1) is 9.86. The average Bonchev–Trinajstić information content (AvgIpc) is 2.66. The van der Waals surface area contributed by atoms with Crippen LogP contribution in [0.3, 0.4) is 0 Å². The van der Waals surface area contributed by atoms with Crippen LogP contribution < -0.4 is 5.56 Å². The van der Waals surface area contributed by atoms with Crippen molar-refractivity contribution in [2.75, 3.05) is 0 Å². The molecule has 0 aliphatic carbocycles. The summed E-state index contributed by atoms with van der Waals surface area (Å²) in [5, 5.41) is 4.15. The molecule has 2 aromatic rings. The summed E-state index contributed by atoms with van der Waals surface area (Å²) in [6.45, 7) is 0. The fourth-order valence-electron chi connectivity index (χ4n) is 1.14. The van der Waals surface area contributed by atoms with Crippen molar-refractivity contribution in [3.8, 4) is 11.1 Å². The summed E-state index contributed by atoms with van der Waals surface area (Å²) in [6.07, 6.45) is 5.92. The first-order valence-corrected chi connectivity index (χ1v) is 7.96. The molecule has 0 spiro atoms. The van der Waals surface area contributed by atoms with Crippen LogP contribution in [-0.4, -0.2) is 14.5 Å². The fraction of sp³-hybridized carbons (Fsp3) is 0. The number of hydrogen-bond acceptors (Lipinski definition) is 2. The zero-order valence-corrected chi connectivity index (χ0v) is 10.2. The molecule has 72 valence electrons. The number of nitrogens with zero attached hydrogens (tertiary/aromatic N) is 2. The number of aromatic amines is 1. The number of H-pyrrole nitrogens is 1. The highest BCUT2D eigenvalue weighted by molar-refractivity contribution is 14.2. The molecule has 0 fully saturated rings. The Morgan fingerprint density at radius 3 is 3.00 bits per heavy atom. The third kappa shape index (κ3) is 2.04. The number of nitrogens with one attached hydrogen (secondary N) is 1. The van der Waals surface area contributed by atoms with Gasteiger partial charge in [-0.2, -0.15) is 5.10 Å². The third-order valence-corrected chi connectivity index (χ3v) is 3.68. The van der Waals surface area contributed by atoms with Gasteiger partial charge in [0.2, 0.25) is 5.56 Å². The first-order valence-electron chi connectivity index (χ1n) is 3.90. The van der Waals surface area contributed by atoms with Crippen LogP contribution in [0.25, 0.3) is 11.1 Å². The van der Waals surface area contributed by atoms with E-state index in [4.69, 9.17) is 0 Å². The second kappa shape index (κ2) is 4.23. The Morgan fingerprint density at radius 1 is 1.50 bits per heavy atom. The topological polar surface area (TPSA) is 50.7 Å². The van der Waals surface area contributed by atoms with Crippen molar-refractivity contribution in [1.82, 2.24) is 14.5 Å². The Labute approximate surface area is 95.1 Å². The lowest BCUT2D eigenvalue weighted by molar-refractivity contribution is 1.01. The molecule has 1 N–H and O–H groups in total. The standard InChI is InChI=1S/C8H7IN3OP/c9-14-12-5-7(4-11-12)6-1-2-10-8(13)3-6/h1-5,14H,(H,10,13). The van der Waals surface area contributed by atoms with Gasteiger partial charge in [0.05, 0.1) is 12.6 Å². The maximum Gasteiger partial charge on any atom is 0.248 e. The van der Waals surface area contributed by atoms with Crippen molar-refractivity contribution >= 4 is 28.4 Å². The highest BCUT2D eigenvalue weighted by Crippen LogP contribution is 2.25. The lowest BCUT2D eigenvalue weighted by Gasteiger charge is -1.93. The van der Waals surface area contributed by atoms with Crippen LogP contribution >= 0.6 is 28.4 Å². The molecule has 0 saturated heterocycles. The molecule has 1 unspecified atom stereocenters. The van der Waals surface area contributed by atoms with Crippen molar-refractivity contribution in [2.24, 2.45) is 0 Å². The van der Waals surface area contributed by atoms with Gasteiger partial charge in [0.25, 0.3) is 0 Å². The summed E-state index contributed by atoms with van der Waals surface area (Å²) >= 11 is 2.25. The van der Waals surface area contributed by atoms with E-state index in [1.165, 1.54) is 0 Å². The molecule has 0 radical (unpaired) electrons. The third-order valence-electron chi connectivity index (χ3n) is 1.78. The molecule has 14 heavy (non-hydrogen) atoms. The van der Waals surface area contributed by atoms with E-state index in [-0.39, 0.29) is 5.56 Å². The van der Waals surface area contributed by atoms with E-state index in [0.29, 0.717) is 6.37 Å². The Morgan fingerprint density at radius 2 is 2.36 bits per heavy atom. The summed E-state index contributed by atoms with van der Waals surface area (Å²) < 4.78 is 1.84. The van der Waals surface area contributed by atoms with Gasteiger partial charge in [-0.1, -0.05) is 0 Å². The van der Waals surface area contributed by atoms with Gasteiger partial charge in [-0.3, -0.25) is 4.79 Å². The minimum Gasteiger partial charge on any atom is -0.329 e. The van der Waals surface area contributed by atoms with E-state index >= 15 is 0 Å². The van der Waals surface area contributed by atoms with Gasteiger partial charge in [-0.15, -0.1) is 0 Å². The van der Waals surface area contributed by atoms with E-state index in [1.54, 1.807) is 18.5 Å². The Kier molecular flexibility index (Phi) is 2.98. The molecule has 4 nitrogen and oxygen atoms in total. The van der Waals surface area contributed by atoms with Gasteiger partial charge in [0.15, 0.2) is 0 Å². The average molecular weight is 319 g/mol. The van der Waals surface area contributed by atoms with Crippen LogP contribution in [0.1, 0.15) is 0 Å². The molecule has 0 saturated carbocycles. The van der Waals surface area contributed by atoms with Crippen molar-refractivity contribution in [2.45, 2.75) is 0 Å². The van der Waals surface area contributed by atoms with Crippen LogP contribution in [0.15, 0.2) is 35.5 Å². The molecule has 6 heteroatoms. The van der Waals surface area contributed by atoms with Crippen LogP contribution in [0, 0.1) is 0 Å². The minimum absolute atomic E-state index is 0.0906. The number of pyridine rings is 1. The zero-order chi connectivity index (χ0) is 9.97. The van der Waals surface area contributed by atoms with Gasteiger partial charge in [-0.25, -0.2) is 4.45 Å². The highest BCUT2D eigenvalue weighted by Gasteiger charge is 2.00. The van der Waals surface area contributed by atoms with Gasteiger partial charge in [0, 0.05) is 24.0 Å². The fourth-order valence-corrected chi connectivity index (χ4v) is 2.22. The minimum atomic E-state index is -0.0906. The van der Waals surface area contributed by atoms with E-state index in [9.17, 15) is 4.79 Å². The van der Waals surface area contributed by atoms with Crippen molar-refractivity contribution in [3.05, 3.63) is 41.1 Å². The number of rotatable bonds is 2. The highest BCUT2D eigenvalue weighted by atomic mass is 127. The molecule has 0 aromatic carbocycles. The van der Waals surface area contributed by atoms with Crippen LogP contribution in [-0.2, 0) is 0 Å². The van der Waals surface area contributed by atoms with E-state index in [2.05, 4.69) is 32.1 Å². The maximum atomic E-state index is 11.1. The van der Waals surface area contributed by atoms with Crippen molar-refractivity contribution < 1.29 is 0 Å². The summed E-state index contributed by atoms with van der Waals surface area (Å²) in [6, 6.07) is 3.43. The lowest BCUT2D eigenvalue weighted by atomic mass is 10.1. The summed E-state index contributed by atoms with van der Waals surface area (Å²) in [4.78, 5) is 13.6. The maximum absolute atomic E-state index is 11.1. The number of hydrogen-bond donors (Lipinski definition) is 1. The smallest absolute Gasteiger partial charge is 0.248 e. The number of halogens is 1. The first-order chi connectivity index (χ1) is 6.79. The van der Waals surface area contributed by atoms with Crippen LogP contribution in [0.5, 0.6) is 0 Å². The van der Waals surface area contributed by atoms with Crippen molar-refractivity contribution in [1.29, 1.82) is 0 Å². The second-order valence-electron chi connectivity index (χ2n) is 2.70. The van der Waals surface area contributed by atoms with Gasteiger partial charge in [-0.05, 0) is 33.7 Å². The largest absolute Gasteiger partial charge is 0.329 e. The van der Waals surface area contributed by atoms with Gasteiger partial charge < -0.3 is 4.98 Å². The van der Waals surface area contributed by atoms with Gasteiger partial charge >= 0.3 is 0 Å². The van der Waals surface area contributed by atoms with Gasteiger partial charge in [0.1, 0.15) is 0 Å². The van der Waals surface area contributed by atoms with E-state index in [1.807, 2.05) is 16.7 Å². The monoisotopic (exact) mass is 319 g/mol. The Bertz CT molecular complexity index is 493. The number of aromatic nitrogens is 3. The second-order valence-corrected chi connectivity index (χ2v) is 4.77. The van der Waals surface area contributed by atoms with E-state index < -0.39 is 0 Å². The van der Waals surface area contributed by atoms with E-state index in [0.717, 1.165) is 11.1 Å². The molecular weight excluding hydrogens is 312 g/mol. The summed E-state index contributed by atoms with van der Waals surface area (Å²) in [5.41, 5.74) is 1.78. The predicted octanol–water partition coefficient (Wildman–Crippen LogP) is 2.03. The Balaban J connectivity index is 2.44. The van der Waals surface area contributed by atoms with Crippen molar-refractivity contribution in [3.63, 3.8) is 0 Å². The quantitative estimate of drug-likeness (QED) is 0.680. The Hall–Kier alpha value is -0.680. The summed E-state index contributed by atoms with van der Waals surface area (Å²) in [5.74, 6) is 0. The molecule has 0 bridgehead atoms. The predicted molar refractivity (Wildman–Crippen MR) is 66.0 cm³/mol. The molecule has 0 aliphatic heterocycles. The molecular formula is C8H7IN3OP. The zero-order valence-electron chi connectivity index (χ0n) is 7.07. The van der Waals surface area contributed by atoms with Crippen LogP contribution in [0.2, 0.25) is 0 Å². The lowest BCUT2D eigenvalue weighted by Crippen LogP contribution is -2.01. The molecule has 2 rings (SSSR count). The summed E-state index contributed by atoms with van der Waals surface area (Å²) in [7, 11) is 0. The molecule has 0 amide bonds. The normalized spacial score (nSPS) is 11.2. The van der Waals surface area contributed by atoms with Crippen LogP contribution in [0.4, 0.5) is 0 Å². The molecule has 2 heterocycles. The molecule has 1 atom stereocenters. The molecule has 2 aromatic heterocycles.